The SMILES string of the molecule is CNCc1cc(Br)c2c(c1C)OCO2. The standard InChI is InChI=1S/C10H12BrNO2/c1-6-7(4-12-2)3-8(11)10-9(6)13-5-14-10/h3,12H,4-5H2,1-2H3. The molecule has 4 heteroatoms. The average molecular weight is 258 g/mol. The molecule has 1 aromatic carbocycles. The number of hydrogen-bond acceptors (Lipinski definition) is 3. The van der Waals surface area contributed by atoms with Gasteiger partial charge < -0.3 is 14.8 Å². The summed E-state index contributed by atoms with van der Waals surface area (Å²) in [5.41, 5.74) is 2.37. The van der Waals surface area contributed by atoms with Crippen LogP contribution in [-0.2, 0) is 6.54 Å². The number of rotatable bonds is 2. The van der Waals surface area contributed by atoms with E-state index in [9.17, 15) is 0 Å². The van der Waals surface area contributed by atoms with Crippen LogP contribution in [0.2, 0.25) is 0 Å². The highest BCUT2D eigenvalue weighted by Crippen LogP contribution is 2.43. The van der Waals surface area contributed by atoms with Crippen molar-refractivity contribution in [1.29, 1.82) is 0 Å². The molecule has 1 aliphatic heterocycles. The summed E-state index contributed by atoms with van der Waals surface area (Å²) in [5, 5.41) is 3.13. The smallest absolute Gasteiger partial charge is 0.231 e. The van der Waals surface area contributed by atoms with Gasteiger partial charge in [-0.15, -0.1) is 0 Å². The van der Waals surface area contributed by atoms with Crippen molar-refractivity contribution in [3.8, 4) is 11.5 Å². The number of nitrogens with one attached hydrogen (secondary N) is 1. The van der Waals surface area contributed by atoms with E-state index in [1.54, 1.807) is 0 Å². The molecule has 0 radical (unpaired) electrons. The average Bonchev–Trinajstić information content (AvgIpc) is 2.63. The molecule has 0 unspecified atom stereocenters. The monoisotopic (exact) mass is 257 g/mol. The van der Waals surface area contributed by atoms with E-state index in [4.69, 9.17) is 9.47 Å². The van der Waals surface area contributed by atoms with Crippen LogP contribution in [0.25, 0.3) is 0 Å². The number of benzene rings is 1. The molecular formula is C10H12BrNO2. The fourth-order valence-corrected chi connectivity index (χ4v) is 2.15. The second kappa shape index (κ2) is 3.79. The molecule has 0 atom stereocenters. The first-order chi connectivity index (χ1) is 6.74. The summed E-state index contributed by atoms with van der Waals surface area (Å²) in [6.07, 6.45) is 0. The van der Waals surface area contributed by atoms with E-state index in [0.29, 0.717) is 6.79 Å². The molecule has 0 saturated carbocycles. The summed E-state index contributed by atoms with van der Waals surface area (Å²) in [6, 6.07) is 2.07. The van der Waals surface area contributed by atoms with Crippen LogP contribution in [0.4, 0.5) is 0 Å². The summed E-state index contributed by atoms with van der Waals surface area (Å²) < 4.78 is 11.7. The Bertz CT molecular complexity index is 366. The van der Waals surface area contributed by atoms with Gasteiger partial charge in [0.1, 0.15) is 0 Å². The molecule has 1 heterocycles. The van der Waals surface area contributed by atoms with Crippen molar-refractivity contribution in [3.05, 3.63) is 21.7 Å². The summed E-state index contributed by atoms with van der Waals surface area (Å²) in [5.74, 6) is 1.69. The Morgan fingerprint density at radius 2 is 2.14 bits per heavy atom. The Kier molecular flexibility index (Phi) is 2.65. The van der Waals surface area contributed by atoms with E-state index in [1.807, 2.05) is 14.0 Å². The number of ether oxygens (including phenoxy) is 2. The van der Waals surface area contributed by atoms with Crippen LogP contribution >= 0.6 is 15.9 Å². The second-order valence-electron chi connectivity index (χ2n) is 3.24. The molecule has 0 saturated heterocycles. The maximum absolute atomic E-state index is 5.42. The van der Waals surface area contributed by atoms with Gasteiger partial charge in [0, 0.05) is 6.54 Å². The Morgan fingerprint density at radius 1 is 1.43 bits per heavy atom. The van der Waals surface area contributed by atoms with Gasteiger partial charge in [-0.3, -0.25) is 0 Å². The first-order valence-electron chi connectivity index (χ1n) is 4.46. The van der Waals surface area contributed by atoms with Crippen LogP contribution in [0.3, 0.4) is 0 Å². The molecule has 1 aliphatic rings. The first-order valence-corrected chi connectivity index (χ1v) is 5.25. The van der Waals surface area contributed by atoms with Crippen LogP contribution in [0, 0.1) is 6.92 Å². The predicted octanol–water partition coefficient (Wildman–Crippen LogP) is 2.21. The molecule has 76 valence electrons. The van der Waals surface area contributed by atoms with Crippen molar-refractivity contribution in [2.45, 2.75) is 13.5 Å². The van der Waals surface area contributed by atoms with Gasteiger partial charge in [0.05, 0.1) is 4.47 Å². The zero-order chi connectivity index (χ0) is 10.1. The maximum Gasteiger partial charge on any atom is 0.231 e. The van der Waals surface area contributed by atoms with Gasteiger partial charge in [0.15, 0.2) is 11.5 Å². The van der Waals surface area contributed by atoms with Crippen LogP contribution in [0.15, 0.2) is 10.5 Å². The summed E-state index contributed by atoms with van der Waals surface area (Å²) in [4.78, 5) is 0. The van der Waals surface area contributed by atoms with Crippen molar-refractivity contribution in [2.24, 2.45) is 0 Å². The Labute approximate surface area is 91.5 Å². The van der Waals surface area contributed by atoms with Crippen molar-refractivity contribution < 1.29 is 9.47 Å². The lowest BCUT2D eigenvalue weighted by Crippen LogP contribution is -2.06. The summed E-state index contributed by atoms with van der Waals surface area (Å²) in [7, 11) is 1.93. The number of fused-ring (bicyclic) bond motifs is 1. The van der Waals surface area contributed by atoms with E-state index in [2.05, 4.69) is 27.3 Å². The maximum atomic E-state index is 5.42. The van der Waals surface area contributed by atoms with Gasteiger partial charge in [-0.05, 0) is 47.1 Å². The predicted molar refractivity (Wildman–Crippen MR) is 57.8 cm³/mol. The molecule has 0 bridgehead atoms. The molecule has 3 nitrogen and oxygen atoms in total. The van der Waals surface area contributed by atoms with E-state index < -0.39 is 0 Å². The molecular weight excluding hydrogens is 246 g/mol. The van der Waals surface area contributed by atoms with Crippen molar-refractivity contribution in [2.75, 3.05) is 13.8 Å². The lowest BCUT2D eigenvalue weighted by molar-refractivity contribution is 0.173. The van der Waals surface area contributed by atoms with Gasteiger partial charge in [-0.2, -0.15) is 0 Å². The highest BCUT2D eigenvalue weighted by Gasteiger charge is 2.21. The molecule has 0 fully saturated rings. The molecule has 1 aromatic rings. The fraction of sp³-hybridized carbons (Fsp3) is 0.400. The molecule has 2 rings (SSSR count). The summed E-state index contributed by atoms with van der Waals surface area (Å²) >= 11 is 3.47. The molecule has 0 amide bonds. The lowest BCUT2D eigenvalue weighted by atomic mass is 10.1. The number of halogens is 1. The largest absolute Gasteiger partial charge is 0.453 e. The fourth-order valence-electron chi connectivity index (χ4n) is 1.58. The van der Waals surface area contributed by atoms with Crippen molar-refractivity contribution in [3.63, 3.8) is 0 Å². The third-order valence-electron chi connectivity index (χ3n) is 2.32. The van der Waals surface area contributed by atoms with Crippen molar-refractivity contribution >= 4 is 15.9 Å². The zero-order valence-corrected chi connectivity index (χ0v) is 9.77. The zero-order valence-electron chi connectivity index (χ0n) is 8.19. The third kappa shape index (κ3) is 1.48. The minimum absolute atomic E-state index is 0.317. The van der Waals surface area contributed by atoms with E-state index in [1.165, 1.54) is 5.56 Å². The van der Waals surface area contributed by atoms with Crippen LogP contribution in [0.5, 0.6) is 11.5 Å². The molecule has 0 aromatic heterocycles. The molecule has 0 aliphatic carbocycles. The van der Waals surface area contributed by atoms with Crippen LogP contribution in [0.1, 0.15) is 11.1 Å². The molecule has 14 heavy (non-hydrogen) atoms. The van der Waals surface area contributed by atoms with Gasteiger partial charge in [0.25, 0.3) is 0 Å². The normalized spacial score (nSPS) is 13.4. The molecule has 0 spiro atoms. The van der Waals surface area contributed by atoms with Crippen LogP contribution < -0.4 is 14.8 Å². The topological polar surface area (TPSA) is 30.5 Å². The molecule has 1 N–H and O–H groups in total. The van der Waals surface area contributed by atoms with Gasteiger partial charge in [0.2, 0.25) is 6.79 Å². The van der Waals surface area contributed by atoms with E-state index in [-0.39, 0.29) is 0 Å². The van der Waals surface area contributed by atoms with Gasteiger partial charge in [-0.1, -0.05) is 0 Å². The highest BCUT2D eigenvalue weighted by atomic mass is 79.9. The highest BCUT2D eigenvalue weighted by molar-refractivity contribution is 9.10. The Hall–Kier alpha value is -0.740. The van der Waals surface area contributed by atoms with E-state index >= 15 is 0 Å². The quantitative estimate of drug-likeness (QED) is 0.882. The van der Waals surface area contributed by atoms with Gasteiger partial charge in [-0.25, -0.2) is 0 Å². The van der Waals surface area contributed by atoms with Crippen molar-refractivity contribution in [1.82, 2.24) is 5.32 Å². The van der Waals surface area contributed by atoms with Gasteiger partial charge >= 0.3 is 0 Å². The second-order valence-corrected chi connectivity index (χ2v) is 4.09. The van der Waals surface area contributed by atoms with E-state index in [0.717, 1.165) is 28.1 Å². The first kappa shape index (κ1) is 9.80. The number of hydrogen-bond donors (Lipinski definition) is 1. The third-order valence-corrected chi connectivity index (χ3v) is 2.91. The van der Waals surface area contributed by atoms with Crippen LogP contribution in [-0.4, -0.2) is 13.8 Å². The Morgan fingerprint density at radius 3 is 2.86 bits per heavy atom. The minimum atomic E-state index is 0.317. The minimum Gasteiger partial charge on any atom is -0.453 e. The summed E-state index contributed by atoms with van der Waals surface area (Å²) in [6.45, 7) is 3.20. The Balaban J connectivity index is 2.50. The lowest BCUT2D eigenvalue weighted by Gasteiger charge is -2.09.